The van der Waals surface area contributed by atoms with E-state index in [-0.39, 0.29) is 28.8 Å². The highest BCUT2D eigenvalue weighted by molar-refractivity contribution is 7.92. The van der Waals surface area contributed by atoms with Crippen LogP contribution < -0.4 is 14.9 Å². The Kier molecular flexibility index (Phi) is 8.68. The number of hydrogen-bond acceptors (Lipinski definition) is 8. The molecule has 12 heteroatoms. The monoisotopic (exact) mass is 539 g/mol. The highest BCUT2D eigenvalue weighted by Crippen LogP contribution is 2.29. The number of non-ortho nitro benzene ring substituents is 1. The molecule has 0 bridgehead atoms. The van der Waals surface area contributed by atoms with Crippen molar-refractivity contribution in [1.82, 2.24) is 4.90 Å². The van der Waals surface area contributed by atoms with Crippen LogP contribution >= 0.6 is 0 Å². The van der Waals surface area contributed by atoms with Crippen molar-refractivity contribution in [2.45, 2.75) is 25.7 Å². The normalized spacial score (nSPS) is 11.6. The van der Waals surface area contributed by atoms with Crippen LogP contribution in [0.1, 0.15) is 23.6 Å². The highest BCUT2D eigenvalue weighted by atomic mass is 32.2. The SMILES string of the molecule is CC(=NNc1ccc([N+](=O)[O-])cc1S(=O)(=O)Nc1ccc(C)cc1C)c1ccc(OCC(=O)N(C)C)cc1. The van der Waals surface area contributed by atoms with Crippen LogP contribution in [-0.2, 0) is 14.8 Å². The van der Waals surface area contributed by atoms with Crippen molar-refractivity contribution in [2.75, 3.05) is 30.9 Å². The summed E-state index contributed by atoms with van der Waals surface area (Å²) >= 11 is 0. The van der Waals surface area contributed by atoms with Crippen LogP contribution in [0, 0.1) is 24.0 Å². The molecule has 0 fully saturated rings. The third-order valence-electron chi connectivity index (χ3n) is 5.57. The summed E-state index contributed by atoms with van der Waals surface area (Å²) in [5, 5.41) is 15.6. The summed E-state index contributed by atoms with van der Waals surface area (Å²) in [7, 11) is -0.923. The summed E-state index contributed by atoms with van der Waals surface area (Å²) < 4.78 is 34.5. The van der Waals surface area contributed by atoms with Gasteiger partial charge in [0.05, 0.1) is 22.0 Å². The van der Waals surface area contributed by atoms with E-state index in [1.54, 1.807) is 64.3 Å². The Labute approximate surface area is 221 Å². The number of nitrogens with zero attached hydrogens (tertiary/aromatic N) is 3. The Morgan fingerprint density at radius 1 is 1.03 bits per heavy atom. The second-order valence-electron chi connectivity index (χ2n) is 8.77. The summed E-state index contributed by atoms with van der Waals surface area (Å²) in [5.74, 6) is 0.336. The van der Waals surface area contributed by atoms with E-state index in [1.807, 2.05) is 13.0 Å². The molecule has 0 spiro atoms. The zero-order valence-electron chi connectivity index (χ0n) is 21.7. The molecule has 11 nitrogen and oxygen atoms in total. The summed E-state index contributed by atoms with van der Waals surface area (Å²) in [6, 6.07) is 15.6. The van der Waals surface area contributed by atoms with Crippen LogP contribution in [0.15, 0.2) is 70.7 Å². The van der Waals surface area contributed by atoms with Gasteiger partial charge in [-0.15, -0.1) is 0 Å². The first-order valence-corrected chi connectivity index (χ1v) is 13.0. The first kappa shape index (κ1) is 28.1. The maximum Gasteiger partial charge on any atom is 0.270 e. The Morgan fingerprint density at radius 3 is 2.29 bits per heavy atom. The molecule has 0 saturated carbocycles. The number of anilines is 2. The van der Waals surface area contributed by atoms with Crippen molar-refractivity contribution in [3.05, 3.63) is 87.5 Å². The van der Waals surface area contributed by atoms with Crippen molar-refractivity contribution < 1.29 is 22.9 Å². The fraction of sp³-hybridized carbons (Fsp3) is 0.231. The molecule has 0 saturated heterocycles. The van der Waals surface area contributed by atoms with Gasteiger partial charge in [0.1, 0.15) is 10.6 Å². The number of ether oxygens (including phenoxy) is 1. The van der Waals surface area contributed by atoms with Crippen molar-refractivity contribution in [3.63, 3.8) is 0 Å². The highest BCUT2D eigenvalue weighted by Gasteiger charge is 2.23. The average molecular weight is 540 g/mol. The van der Waals surface area contributed by atoms with Crippen molar-refractivity contribution in [1.29, 1.82) is 0 Å². The van der Waals surface area contributed by atoms with Gasteiger partial charge in [0, 0.05) is 26.2 Å². The third-order valence-corrected chi connectivity index (χ3v) is 6.97. The standard InChI is InChI=1S/C26H29N5O6S/c1-17-6-12-23(18(2)14-17)29-38(35,36)25-15-21(31(33)34)9-13-24(25)28-27-19(3)20-7-10-22(11-8-20)37-16-26(32)30(4)5/h6-15,28-29H,16H2,1-5H3. The molecule has 3 rings (SSSR count). The fourth-order valence-electron chi connectivity index (χ4n) is 3.34. The predicted molar refractivity (Wildman–Crippen MR) is 146 cm³/mol. The van der Waals surface area contributed by atoms with Crippen LogP contribution in [0.5, 0.6) is 5.75 Å². The number of hydrazone groups is 1. The van der Waals surface area contributed by atoms with E-state index in [2.05, 4.69) is 15.2 Å². The van der Waals surface area contributed by atoms with E-state index in [1.165, 1.54) is 17.0 Å². The number of rotatable bonds is 10. The van der Waals surface area contributed by atoms with Crippen LogP contribution in [0.3, 0.4) is 0 Å². The molecule has 1 amide bonds. The van der Waals surface area contributed by atoms with E-state index in [0.717, 1.165) is 11.6 Å². The smallest absolute Gasteiger partial charge is 0.270 e. The number of nitrogens with one attached hydrogen (secondary N) is 2. The molecular formula is C26H29N5O6S. The molecule has 3 aromatic carbocycles. The maximum absolute atomic E-state index is 13.3. The molecular weight excluding hydrogens is 510 g/mol. The quantitative estimate of drug-likeness (QED) is 0.222. The van der Waals surface area contributed by atoms with Gasteiger partial charge in [-0.3, -0.25) is 25.1 Å². The summed E-state index contributed by atoms with van der Waals surface area (Å²) in [5.41, 5.74) is 5.68. The zero-order chi connectivity index (χ0) is 28.0. The lowest BCUT2D eigenvalue weighted by atomic mass is 10.1. The molecule has 0 atom stereocenters. The van der Waals surface area contributed by atoms with Crippen LogP contribution in [0.25, 0.3) is 0 Å². The molecule has 3 aromatic rings. The number of carbonyl (C=O) groups excluding carboxylic acids is 1. The van der Waals surface area contributed by atoms with Crippen LogP contribution in [-0.4, -0.2) is 50.6 Å². The topological polar surface area (TPSA) is 143 Å². The van der Waals surface area contributed by atoms with Gasteiger partial charge in [-0.2, -0.15) is 5.10 Å². The van der Waals surface area contributed by atoms with Crippen molar-refractivity contribution >= 4 is 38.7 Å². The Balaban J connectivity index is 1.85. The molecule has 0 aliphatic heterocycles. The van der Waals surface area contributed by atoms with Crippen LogP contribution in [0.4, 0.5) is 17.1 Å². The van der Waals surface area contributed by atoms with Gasteiger partial charge in [0.2, 0.25) is 0 Å². The zero-order valence-corrected chi connectivity index (χ0v) is 22.5. The molecule has 2 N–H and O–H groups in total. The minimum absolute atomic E-state index is 0.0642. The molecule has 0 aromatic heterocycles. The minimum atomic E-state index is -4.21. The van der Waals surface area contributed by atoms with Gasteiger partial charge < -0.3 is 9.64 Å². The first-order chi connectivity index (χ1) is 17.9. The van der Waals surface area contributed by atoms with E-state index in [9.17, 15) is 23.3 Å². The number of hydrogen-bond donors (Lipinski definition) is 2. The van der Waals surface area contributed by atoms with Gasteiger partial charge in [-0.25, -0.2) is 8.42 Å². The van der Waals surface area contributed by atoms with E-state index < -0.39 is 14.9 Å². The lowest BCUT2D eigenvalue weighted by Crippen LogP contribution is -2.27. The second-order valence-corrected chi connectivity index (χ2v) is 10.4. The molecule has 0 unspecified atom stereocenters. The number of aryl methyl sites for hydroxylation is 2. The molecule has 0 aliphatic carbocycles. The van der Waals surface area contributed by atoms with Crippen molar-refractivity contribution in [2.24, 2.45) is 5.10 Å². The van der Waals surface area contributed by atoms with Gasteiger partial charge in [-0.05, 0) is 68.3 Å². The number of benzene rings is 3. The summed E-state index contributed by atoms with van der Waals surface area (Å²) in [6.45, 7) is 5.28. The lowest BCUT2D eigenvalue weighted by molar-refractivity contribution is -0.385. The second kappa shape index (κ2) is 11.7. The maximum atomic E-state index is 13.3. The first-order valence-electron chi connectivity index (χ1n) is 11.5. The Hall–Kier alpha value is -4.45. The van der Waals surface area contributed by atoms with Gasteiger partial charge >= 0.3 is 0 Å². The number of nitro benzene ring substituents is 1. The van der Waals surface area contributed by atoms with Crippen LogP contribution in [0.2, 0.25) is 0 Å². The summed E-state index contributed by atoms with van der Waals surface area (Å²) in [4.78, 5) is 23.5. The van der Waals surface area contributed by atoms with Crippen molar-refractivity contribution in [3.8, 4) is 5.75 Å². The van der Waals surface area contributed by atoms with E-state index in [4.69, 9.17) is 4.74 Å². The number of sulfonamides is 1. The number of carbonyl (C=O) groups is 1. The lowest BCUT2D eigenvalue weighted by Gasteiger charge is -2.14. The minimum Gasteiger partial charge on any atom is -0.484 e. The largest absolute Gasteiger partial charge is 0.484 e. The number of nitro groups is 1. The van der Waals surface area contributed by atoms with Gasteiger partial charge in [-0.1, -0.05) is 17.7 Å². The average Bonchev–Trinajstić information content (AvgIpc) is 2.87. The Morgan fingerprint density at radius 2 is 1.68 bits per heavy atom. The Bertz CT molecular complexity index is 1480. The molecule has 200 valence electrons. The number of amides is 1. The van der Waals surface area contributed by atoms with Gasteiger partial charge in [0.15, 0.2) is 6.61 Å². The molecule has 0 radical (unpaired) electrons. The number of likely N-dealkylation sites (N-methyl/N-ethyl adjacent to an activating group) is 1. The van der Waals surface area contributed by atoms with E-state index in [0.29, 0.717) is 28.3 Å². The van der Waals surface area contributed by atoms with E-state index >= 15 is 0 Å². The predicted octanol–water partition coefficient (Wildman–Crippen LogP) is 4.32. The van der Waals surface area contributed by atoms with Gasteiger partial charge in [0.25, 0.3) is 21.6 Å². The third kappa shape index (κ3) is 7.07. The molecule has 0 aliphatic rings. The molecule has 38 heavy (non-hydrogen) atoms. The molecule has 0 heterocycles. The summed E-state index contributed by atoms with van der Waals surface area (Å²) in [6.07, 6.45) is 0. The fourth-order valence-corrected chi connectivity index (χ4v) is 4.65.